The van der Waals surface area contributed by atoms with Gasteiger partial charge in [0.2, 0.25) is 0 Å². The monoisotopic (exact) mass is 267 g/mol. The number of rotatable bonds is 5. The first kappa shape index (κ1) is 14.0. The van der Waals surface area contributed by atoms with Gasteiger partial charge in [0.1, 0.15) is 5.01 Å². The predicted molar refractivity (Wildman–Crippen MR) is 77.6 cm³/mol. The number of hydrogen-bond acceptors (Lipinski definition) is 4. The molecule has 0 amide bonds. The molecule has 0 spiro atoms. The third kappa shape index (κ3) is 2.92. The van der Waals surface area contributed by atoms with E-state index in [2.05, 4.69) is 29.1 Å². The Morgan fingerprint density at radius 1 is 1.50 bits per heavy atom. The van der Waals surface area contributed by atoms with Gasteiger partial charge in [-0.05, 0) is 38.1 Å². The Morgan fingerprint density at radius 3 is 2.72 bits per heavy atom. The van der Waals surface area contributed by atoms with Gasteiger partial charge in [-0.2, -0.15) is 0 Å². The minimum absolute atomic E-state index is 0.0627. The van der Waals surface area contributed by atoms with Gasteiger partial charge in [-0.25, -0.2) is 4.98 Å². The molecular formula is C14H25N3S. The van der Waals surface area contributed by atoms with Crippen LogP contribution in [-0.4, -0.2) is 23.0 Å². The van der Waals surface area contributed by atoms with E-state index in [-0.39, 0.29) is 6.04 Å². The van der Waals surface area contributed by atoms with Crippen LogP contribution in [0.3, 0.4) is 0 Å². The van der Waals surface area contributed by atoms with Crippen LogP contribution in [0.15, 0.2) is 5.38 Å². The Morgan fingerprint density at radius 2 is 2.22 bits per heavy atom. The lowest BCUT2D eigenvalue weighted by Gasteiger charge is -2.26. The van der Waals surface area contributed by atoms with Crippen molar-refractivity contribution in [3.05, 3.63) is 16.1 Å². The maximum Gasteiger partial charge on any atom is 0.109 e. The second-order valence-corrected chi connectivity index (χ2v) is 6.52. The molecule has 2 heterocycles. The van der Waals surface area contributed by atoms with Crippen LogP contribution in [0.2, 0.25) is 0 Å². The summed E-state index contributed by atoms with van der Waals surface area (Å²) in [7, 11) is 0. The van der Waals surface area contributed by atoms with E-state index in [4.69, 9.17) is 5.73 Å². The molecule has 102 valence electrons. The predicted octanol–water partition coefficient (Wildman–Crippen LogP) is 3.17. The Labute approximate surface area is 114 Å². The lowest BCUT2D eigenvalue weighted by atomic mass is 9.82. The van der Waals surface area contributed by atoms with E-state index in [1.807, 2.05) is 6.92 Å². The highest BCUT2D eigenvalue weighted by molar-refractivity contribution is 7.09. The average molecular weight is 267 g/mol. The summed E-state index contributed by atoms with van der Waals surface area (Å²) in [6, 6.07) is 0.0627. The molecule has 1 atom stereocenters. The van der Waals surface area contributed by atoms with Crippen molar-refractivity contribution in [2.24, 2.45) is 11.1 Å². The molecular weight excluding hydrogens is 242 g/mol. The van der Waals surface area contributed by atoms with Gasteiger partial charge in [-0.3, -0.25) is 4.90 Å². The highest BCUT2D eigenvalue weighted by Crippen LogP contribution is 2.37. The van der Waals surface area contributed by atoms with Crippen molar-refractivity contribution >= 4 is 11.3 Å². The Hall–Kier alpha value is -0.450. The van der Waals surface area contributed by atoms with Crippen LogP contribution >= 0.6 is 11.3 Å². The van der Waals surface area contributed by atoms with Crippen LogP contribution in [0.25, 0.3) is 0 Å². The van der Waals surface area contributed by atoms with Crippen molar-refractivity contribution in [2.45, 2.75) is 52.6 Å². The number of likely N-dealkylation sites (tertiary alicyclic amines) is 1. The molecule has 1 saturated heterocycles. The van der Waals surface area contributed by atoms with E-state index in [0.717, 1.165) is 11.6 Å². The molecule has 18 heavy (non-hydrogen) atoms. The van der Waals surface area contributed by atoms with E-state index >= 15 is 0 Å². The zero-order valence-electron chi connectivity index (χ0n) is 11.8. The smallest absolute Gasteiger partial charge is 0.109 e. The molecule has 2 N–H and O–H groups in total. The van der Waals surface area contributed by atoms with Gasteiger partial charge >= 0.3 is 0 Å². The standard InChI is InChI=1S/C14H25N3S/c1-4-14(5-2)6-7-17(10-14)8-12-9-18-13(16-12)11(3)15/h9,11H,4-8,10,15H2,1-3H3. The van der Waals surface area contributed by atoms with E-state index < -0.39 is 0 Å². The summed E-state index contributed by atoms with van der Waals surface area (Å²) in [5.41, 5.74) is 7.60. The minimum Gasteiger partial charge on any atom is -0.322 e. The summed E-state index contributed by atoms with van der Waals surface area (Å²) >= 11 is 1.69. The highest BCUT2D eigenvalue weighted by Gasteiger charge is 2.34. The molecule has 1 aliphatic rings. The molecule has 1 fully saturated rings. The van der Waals surface area contributed by atoms with E-state index in [0.29, 0.717) is 5.41 Å². The summed E-state index contributed by atoms with van der Waals surface area (Å²) in [6.07, 6.45) is 3.93. The van der Waals surface area contributed by atoms with Gasteiger partial charge in [0, 0.05) is 18.5 Å². The second-order valence-electron chi connectivity index (χ2n) is 5.63. The molecule has 1 aromatic heterocycles. The Balaban J connectivity index is 1.94. The van der Waals surface area contributed by atoms with Gasteiger partial charge in [0.05, 0.1) is 11.7 Å². The second kappa shape index (κ2) is 5.68. The molecule has 1 unspecified atom stereocenters. The quantitative estimate of drug-likeness (QED) is 0.891. The van der Waals surface area contributed by atoms with Crippen molar-refractivity contribution in [3.8, 4) is 0 Å². The first-order valence-corrected chi connectivity index (χ1v) is 7.89. The summed E-state index contributed by atoms with van der Waals surface area (Å²) in [5, 5.41) is 3.22. The summed E-state index contributed by atoms with van der Waals surface area (Å²) < 4.78 is 0. The van der Waals surface area contributed by atoms with Crippen LogP contribution in [-0.2, 0) is 6.54 Å². The normalized spacial score (nSPS) is 21.3. The SMILES string of the molecule is CCC1(CC)CCN(Cc2csc(C(C)N)n2)C1. The van der Waals surface area contributed by atoms with Crippen LogP contribution in [0, 0.1) is 5.41 Å². The number of nitrogens with two attached hydrogens (primary N) is 1. The van der Waals surface area contributed by atoms with Gasteiger partial charge in [0.15, 0.2) is 0 Å². The fourth-order valence-corrected chi connectivity index (χ4v) is 3.59. The summed E-state index contributed by atoms with van der Waals surface area (Å²) in [4.78, 5) is 7.17. The number of nitrogens with zero attached hydrogens (tertiary/aromatic N) is 2. The molecule has 0 aliphatic carbocycles. The maximum atomic E-state index is 5.86. The van der Waals surface area contributed by atoms with Crippen LogP contribution < -0.4 is 5.73 Å². The molecule has 3 nitrogen and oxygen atoms in total. The molecule has 1 aliphatic heterocycles. The molecule has 0 aromatic carbocycles. The highest BCUT2D eigenvalue weighted by atomic mass is 32.1. The number of hydrogen-bond donors (Lipinski definition) is 1. The molecule has 0 radical (unpaired) electrons. The van der Waals surface area contributed by atoms with Crippen molar-refractivity contribution in [1.82, 2.24) is 9.88 Å². The third-order valence-corrected chi connectivity index (χ3v) is 5.46. The van der Waals surface area contributed by atoms with Crippen molar-refractivity contribution in [3.63, 3.8) is 0 Å². The Kier molecular flexibility index (Phi) is 4.41. The fraction of sp³-hybridized carbons (Fsp3) is 0.786. The zero-order chi connectivity index (χ0) is 13.2. The molecule has 0 saturated carbocycles. The zero-order valence-corrected chi connectivity index (χ0v) is 12.6. The molecule has 0 bridgehead atoms. The van der Waals surface area contributed by atoms with E-state index in [1.54, 1.807) is 11.3 Å². The van der Waals surface area contributed by atoms with Crippen LogP contribution in [0.4, 0.5) is 0 Å². The molecule has 4 heteroatoms. The van der Waals surface area contributed by atoms with Gasteiger partial charge < -0.3 is 5.73 Å². The minimum atomic E-state index is 0.0627. The van der Waals surface area contributed by atoms with Gasteiger partial charge in [-0.15, -0.1) is 11.3 Å². The third-order valence-electron chi connectivity index (χ3n) is 4.36. The van der Waals surface area contributed by atoms with Crippen molar-refractivity contribution < 1.29 is 0 Å². The average Bonchev–Trinajstić information content (AvgIpc) is 2.97. The van der Waals surface area contributed by atoms with Gasteiger partial charge in [-0.1, -0.05) is 13.8 Å². The van der Waals surface area contributed by atoms with Crippen LogP contribution in [0.5, 0.6) is 0 Å². The van der Waals surface area contributed by atoms with E-state index in [9.17, 15) is 0 Å². The maximum absolute atomic E-state index is 5.86. The fourth-order valence-electron chi connectivity index (χ4n) is 2.82. The molecule has 2 rings (SSSR count). The van der Waals surface area contributed by atoms with Crippen molar-refractivity contribution in [2.75, 3.05) is 13.1 Å². The first-order valence-electron chi connectivity index (χ1n) is 7.01. The number of aromatic nitrogens is 1. The Bertz CT molecular complexity index is 382. The van der Waals surface area contributed by atoms with Gasteiger partial charge in [0.25, 0.3) is 0 Å². The molecule has 1 aromatic rings. The topological polar surface area (TPSA) is 42.1 Å². The first-order chi connectivity index (χ1) is 8.58. The lowest BCUT2D eigenvalue weighted by molar-refractivity contribution is 0.235. The summed E-state index contributed by atoms with van der Waals surface area (Å²) in [5.74, 6) is 0. The summed E-state index contributed by atoms with van der Waals surface area (Å²) in [6.45, 7) is 10.1. The van der Waals surface area contributed by atoms with Crippen molar-refractivity contribution in [1.29, 1.82) is 0 Å². The lowest BCUT2D eigenvalue weighted by Crippen LogP contribution is -2.26. The largest absolute Gasteiger partial charge is 0.322 e. The van der Waals surface area contributed by atoms with E-state index in [1.165, 1.54) is 38.0 Å². The van der Waals surface area contributed by atoms with Crippen LogP contribution in [0.1, 0.15) is 56.8 Å². The number of thiazole rings is 1.